The molecular formula is C11H13FN2O3. The van der Waals surface area contributed by atoms with Crippen molar-refractivity contribution < 1.29 is 14.1 Å². The van der Waals surface area contributed by atoms with E-state index in [1.807, 2.05) is 6.92 Å². The first-order valence-electron chi connectivity index (χ1n) is 5.39. The molecule has 1 unspecified atom stereocenters. The highest BCUT2D eigenvalue weighted by Gasteiger charge is 2.26. The lowest BCUT2D eigenvalue weighted by Crippen LogP contribution is -2.41. The highest BCUT2D eigenvalue weighted by atomic mass is 19.1. The van der Waals surface area contributed by atoms with Crippen LogP contribution in [-0.2, 0) is 4.74 Å². The Labute approximate surface area is 97.9 Å². The lowest BCUT2D eigenvalue weighted by atomic mass is 10.2. The molecule has 0 N–H and O–H groups in total. The number of para-hydroxylation sites is 1. The number of benzene rings is 1. The maximum absolute atomic E-state index is 13.5. The van der Waals surface area contributed by atoms with Gasteiger partial charge in [-0.25, -0.2) is 0 Å². The molecule has 1 aromatic rings. The summed E-state index contributed by atoms with van der Waals surface area (Å²) in [6.45, 7) is 3.45. The topological polar surface area (TPSA) is 55.6 Å². The van der Waals surface area contributed by atoms with Gasteiger partial charge in [-0.2, -0.15) is 4.39 Å². The number of rotatable bonds is 2. The molecule has 0 saturated carbocycles. The zero-order valence-corrected chi connectivity index (χ0v) is 9.43. The molecule has 1 aliphatic rings. The van der Waals surface area contributed by atoms with Crippen LogP contribution in [-0.4, -0.2) is 30.7 Å². The molecule has 17 heavy (non-hydrogen) atoms. The highest BCUT2D eigenvalue weighted by Crippen LogP contribution is 2.31. The molecule has 1 atom stereocenters. The number of nitro benzene ring substituents is 1. The molecule has 0 aliphatic carbocycles. The Morgan fingerprint density at radius 3 is 3.00 bits per heavy atom. The number of morpholine rings is 1. The van der Waals surface area contributed by atoms with Gasteiger partial charge < -0.3 is 9.64 Å². The third-order valence-electron chi connectivity index (χ3n) is 2.73. The van der Waals surface area contributed by atoms with Gasteiger partial charge in [-0.05, 0) is 19.1 Å². The third kappa shape index (κ3) is 2.36. The van der Waals surface area contributed by atoms with Crippen LogP contribution in [0.15, 0.2) is 18.2 Å². The van der Waals surface area contributed by atoms with Gasteiger partial charge in [-0.15, -0.1) is 0 Å². The number of hydrogen-bond donors (Lipinski definition) is 0. The molecule has 1 fully saturated rings. The van der Waals surface area contributed by atoms with Gasteiger partial charge in [0.1, 0.15) is 5.69 Å². The predicted molar refractivity (Wildman–Crippen MR) is 60.7 cm³/mol. The lowest BCUT2D eigenvalue weighted by molar-refractivity contribution is -0.386. The van der Waals surface area contributed by atoms with E-state index in [-0.39, 0.29) is 6.10 Å². The first-order chi connectivity index (χ1) is 8.09. The average Bonchev–Trinajstić information content (AvgIpc) is 2.28. The van der Waals surface area contributed by atoms with Crippen LogP contribution in [0.1, 0.15) is 6.92 Å². The minimum atomic E-state index is -0.799. The van der Waals surface area contributed by atoms with Crippen LogP contribution in [0.5, 0.6) is 0 Å². The molecule has 1 aromatic carbocycles. The SMILES string of the molecule is CC1CN(c2cccc(F)c2[N+](=O)[O-])CCO1. The Kier molecular flexibility index (Phi) is 3.23. The minimum Gasteiger partial charge on any atom is -0.375 e. The van der Waals surface area contributed by atoms with E-state index in [1.165, 1.54) is 6.07 Å². The van der Waals surface area contributed by atoms with E-state index in [9.17, 15) is 14.5 Å². The Balaban J connectivity index is 2.37. The molecule has 0 bridgehead atoms. The second-order valence-corrected chi connectivity index (χ2v) is 3.99. The van der Waals surface area contributed by atoms with Crippen molar-refractivity contribution in [2.75, 3.05) is 24.6 Å². The van der Waals surface area contributed by atoms with Crippen molar-refractivity contribution in [3.63, 3.8) is 0 Å². The number of halogens is 1. The molecular weight excluding hydrogens is 227 g/mol. The van der Waals surface area contributed by atoms with Crippen molar-refractivity contribution in [2.24, 2.45) is 0 Å². The molecule has 0 spiro atoms. The molecule has 92 valence electrons. The first kappa shape index (κ1) is 11.8. The predicted octanol–water partition coefficient (Wildman–Crippen LogP) is 1.96. The molecule has 6 heteroatoms. The second-order valence-electron chi connectivity index (χ2n) is 3.99. The second kappa shape index (κ2) is 4.67. The zero-order chi connectivity index (χ0) is 12.4. The molecule has 2 rings (SSSR count). The Hall–Kier alpha value is -1.69. The Morgan fingerprint density at radius 1 is 1.59 bits per heavy atom. The van der Waals surface area contributed by atoms with Crippen molar-refractivity contribution in [1.29, 1.82) is 0 Å². The van der Waals surface area contributed by atoms with Crippen LogP contribution >= 0.6 is 0 Å². The fraction of sp³-hybridized carbons (Fsp3) is 0.455. The normalized spacial score (nSPS) is 20.4. The summed E-state index contributed by atoms with van der Waals surface area (Å²) in [7, 11) is 0. The summed E-state index contributed by atoms with van der Waals surface area (Å²) in [5, 5.41) is 10.9. The number of nitrogens with zero attached hydrogens (tertiary/aromatic N) is 2. The van der Waals surface area contributed by atoms with E-state index in [0.717, 1.165) is 6.07 Å². The van der Waals surface area contributed by atoms with Gasteiger partial charge in [0.2, 0.25) is 5.82 Å². The quantitative estimate of drug-likeness (QED) is 0.585. The zero-order valence-electron chi connectivity index (χ0n) is 9.43. The summed E-state index contributed by atoms with van der Waals surface area (Å²) in [5.74, 6) is -0.799. The summed E-state index contributed by atoms with van der Waals surface area (Å²) < 4.78 is 18.8. The summed E-state index contributed by atoms with van der Waals surface area (Å²) in [6, 6.07) is 4.16. The molecule has 1 aliphatic heterocycles. The van der Waals surface area contributed by atoms with Crippen molar-refractivity contribution in [2.45, 2.75) is 13.0 Å². The van der Waals surface area contributed by atoms with Crippen LogP contribution in [0.3, 0.4) is 0 Å². The first-order valence-corrected chi connectivity index (χ1v) is 5.39. The van der Waals surface area contributed by atoms with E-state index in [1.54, 1.807) is 11.0 Å². The van der Waals surface area contributed by atoms with Gasteiger partial charge in [0, 0.05) is 13.1 Å². The molecule has 0 amide bonds. The fourth-order valence-corrected chi connectivity index (χ4v) is 1.98. The monoisotopic (exact) mass is 240 g/mol. The van der Waals surface area contributed by atoms with E-state index < -0.39 is 16.4 Å². The number of nitro groups is 1. The Morgan fingerprint density at radius 2 is 2.35 bits per heavy atom. The average molecular weight is 240 g/mol. The van der Waals surface area contributed by atoms with Crippen LogP contribution in [0.4, 0.5) is 15.8 Å². The van der Waals surface area contributed by atoms with Crippen LogP contribution in [0, 0.1) is 15.9 Å². The maximum Gasteiger partial charge on any atom is 0.327 e. The van der Waals surface area contributed by atoms with E-state index in [0.29, 0.717) is 25.4 Å². The minimum absolute atomic E-state index is 0.00776. The maximum atomic E-state index is 13.5. The van der Waals surface area contributed by atoms with Crippen LogP contribution in [0.25, 0.3) is 0 Å². The van der Waals surface area contributed by atoms with Gasteiger partial charge in [0.05, 0.1) is 17.6 Å². The van der Waals surface area contributed by atoms with Gasteiger partial charge >= 0.3 is 5.69 Å². The van der Waals surface area contributed by atoms with Crippen molar-refractivity contribution >= 4 is 11.4 Å². The lowest BCUT2D eigenvalue weighted by Gasteiger charge is -2.32. The summed E-state index contributed by atoms with van der Waals surface area (Å²) in [6.07, 6.45) is -0.00776. The smallest absolute Gasteiger partial charge is 0.327 e. The number of anilines is 1. The summed E-state index contributed by atoms with van der Waals surface area (Å²) >= 11 is 0. The molecule has 0 radical (unpaired) electrons. The molecule has 0 aromatic heterocycles. The van der Waals surface area contributed by atoms with E-state index in [4.69, 9.17) is 4.74 Å². The number of hydrogen-bond acceptors (Lipinski definition) is 4. The van der Waals surface area contributed by atoms with Crippen molar-refractivity contribution in [3.05, 3.63) is 34.1 Å². The number of ether oxygens (including phenoxy) is 1. The van der Waals surface area contributed by atoms with Gasteiger partial charge in [0.15, 0.2) is 0 Å². The summed E-state index contributed by atoms with van der Waals surface area (Å²) in [5.41, 5.74) is -0.133. The molecule has 1 saturated heterocycles. The van der Waals surface area contributed by atoms with Crippen molar-refractivity contribution in [3.8, 4) is 0 Å². The highest BCUT2D eigenvalue weighted by molar-refractivity contribution is 5.64. The third-order valence-corrected chi connectivity index (χ3v) is 2.73. The van der Waals surface area contributed by atoms with Gasteiger partial charge in [-0.1, -0.05) is 6.07 Å². The van der Waals surface area contributed by atoms with Crippen LogP contribution < -0.4 is 4.90 Å². The largest absolute Gasteiger partial charge is 0.375 e. The fourth-order valence-electron chi connectivity index (χ4n) is 1.98. The van der Waals surface area contributed by atoms with Gasteiger partial charge in [-0.3, -0.25) is 10.1 Å². The van der Waals surface area contributed by atoms with E-state index in [2.05, 4.69) is 0 Å². The summed E-state index contributed by atoms with van der Waals surface area (Å²) in [4.78, 5) is 12.0. The standard InChI is InChI=1S/C11H13FN2O3/c1-8-7-13(5-6-17-8)10-4-2-3-9(12)11(10)14(15)16/h2-4,8H,5-7H2,1H3. The van der Waals surface area contributed by atoms with E-state index >= 15 is 0 Å². The van der Waals surface area contributed by atoms with Gasteiger partial charge in [0.25, 0.3) is 0 Å². The Bertz CT molecular complexity index is 439. The van der Waals surface area contributed by atoms with Crippen molar-refractivity contribution in [1.82, 2.24) is 0 Å². The van der Waals surface area contributed by atoms with Crippen LogP contribution in [0.2, 0.25) is 0 Å². The molecule has 5 nitrogen and oxygen atoms in total. The molecule has 1 heterocycles.